The van der Waals surface area contributed by atoms with E-state index in [2.05, 4.69) is 5.32 Å². The molecule has 0 rings (SSSR count). The molecule has 0 atom stereocenters. The van der Waals surface area contributed by atoms with Gasteiger partial charge in [-0.15, -0.1) is 0 Å². The number of nitrogens with zero attached hydrogens (tertiary/aromatic N) is 1. The van der Waals surface area contributed by atoms with Crippen molar-refractivity contribution in [1.29, 1.82) is 0 Å². The molecule has 0 unspecified atom stereocenters. The van der Waals surface area contributed by atoms with Crippen LogP contribution in [0.2, 0.25) is 0 Å². The van der Waals surface area contributed by atoms with Crippen molar-refractivity contribution in [3.8, 4) is 0 Å². The Balaban J connectivity index is 3.53. The summed E-state index contributed by atoms with van der Waals surface area (Å²) in [7, 11) is 1.64. The fraction of sp³-hybridized carbons (Fsp3) is 0.800. The maximum absolute atomic E-state index is 11.4. The molecule has 0 aromatic carbocycles. The van der Waals surface area contributed by atoms with Gasteiger partial charge in [-0.3, -0.25) is 4.79 Å². The van der Waals surface area contributed by atoms with E-state index in [1.807, 2.05) is 6.92 Å². The largest absolute Gasteiger partial charge is 0.481 e. The normalized spacial score (nSPS) is 9.88. The Morgan fingerprint density at radius 3 is 2.69 bits per heavy atom. The van der Waals surface area contributed by atoms with E-state index in [0.717, 1.165) is 0 Å². The van der Waals surface area contributed by atoms with Crippen molar-refractivity contribution in [3.05, 3.63) is 0 Å². The Kier molecular flexibility index (Phi) is 8.24. The van der Waals surface area contributed by atoms with Gasteiger partial charge in [0.1, 0.15) is 0 Å². The molecule has 0 saturated carbocycles. The first-order valence-electron chi connectivity index (χ1n) is 5.36. The first-order valence-corrected chi connectivity index (χ1v) is 5.36. The minimum Gasteiger partial charge on any atom is -0.481 e. The molecular weight excluding hydrogens is 212 g/mol. The molecule has 6 heteroatoms. The molecule has 94 valence electrons. The molecule has 0 radical (unpaired) electrons. The van der Waals surface area contributed by atoms with E-state index >= 15 is 0 Å². The number of carbonyl (C=O) groups excluding carboxylic acids is 1. The summed E-state index contributed by atoms with van der Waals surface area (Å²) in [5, 5.41) is 11.1. The summed E-state index contributed by atoms with van der Waals surface area (Å²) in [5.74, 6) is -0.842. The van der Waals surface area contributed by atoms with Crippen molar-refractivity contribution < 1.29 is 19.4 Å². The Labute approximate surface area is 95.6 Å². The van der Waals surface area contributed by atoms with Crippen molar-refractivity contribution in [1.82, 2.24) is 10.2 Å². The maximum atomic E-state index is 11.4. The first kappa shape index (κ1) is 14.7. The monoisotopic (exact) mass is 232 g/mol. The van der Waals surface area contributed by atoms with Gasteiger partial charge in [0.25, 0.3) is 0 Å². The number of rotatable bonds is 8. The summed E-state index contributed by atoms with van der Waals surface area (Å²) in [6.07, 6.45) is 0.543. The Bertz CT molecular complexity index is 221. The third kappa shape index (κ3) is 8.05. The van der Waals surface area contributed by atoms with E-state index in [1.54, 1.807) is 7.05 Å². The number of hydrogen-bond acceptors (Lipinski definition) is 3. The number of aliphatic carboxylic acids is 1. The quantitative estimate of drug-likeness (QED) is 0.598. The second-order valence-corrected chi connectivity index (χ2v) is 3.35. The number of carbonyl (C=O) groups is 2. The van der Waals surface area contributed by atoms with Crippen LogP contribution in [0.25, 0.3) is 0 Å². The van der Waals surface area contributed by atoms with E-state index in [0.29, 0.717) is 32.7 Å². The predicted molar refractivity (Wildman–Crippen MR) is 59.4 cm³/mol. The zero-order chi connectivity index (χ0) is 12.4. The standard InChI is InChI=1S/C10H20N2O4/c1-3-16-8-6-11-10(15)12(2)7-4-5-9(13)14/h3-8H2,1-2H3,(H,11,15)(H,13,14). The summed E-state index contributed by atoms with van der Waals surface area (Å²) < 4.78 is 5.07. The molecule has 0 aliphatic heterocycles. The summed E-state index contributed by atoms with van der Waals surface area (Å²) in [5.41, 5.74) is 0. The molecule has 0 aliphatic carbocycles. The van der Waals surface area contributed by atoms with Crippen molar-refractivity contribution in [2.75, 3.05) is 33.4 Å². The van der Waals surface area contributed by atoms with Crippen LogP contribution in [0.1, 0.15) is 19.8 Å². The molecule has 0 heterocycles. The lowest BCUT2D eigenvalue weighted by molar-refractivity contribution is -0.137. The van der Waals surface area contributed by atoms with Crippen LogP contribution in [0.5, 0.6) is 0 Å². The summed E-state index contributed by atoms with van der Waals surface area (Å²) >= 11 is 0. The highest BCUT2D eigenvalue weighted by Gasteiger charge is 2.07. The van der Waals surface area contributed by atoms with Crippen molar-refractivity contribution in [2.45, 2.75) is 19.8 Å². The van der Waals surface area contributed by atoms with Gasteiger partial charge in [-0.05, 0) is 13.3 Å². The van der Waals surface area contributed by atoms with Crippen LogP contribution in [0.3, 0.4) is 0 Å². The van der Waals surface area contributed by atoms with Gasteiger partial charge in [-0.25, -0.2) is 4.79 Å². The Morgan fingerprint density at radius 1 is 1.44 bits per heavy atom. The van der Waals surface area contributed by atoms with Gasteiger partial charge in [0.05, 0.1) is 6.61 Å². The number of amides is 2. The van der Waals surface area contributed by atoms with Crippen molar-refractivity contribution in [3.63, 3.8) is 0 Å². The molecule has 0 saturated heterocycles. The molecule has 0 aromatic heterocycles. The smallest absolute Gasteiger partial charge is 0.317 e. The van der Waals surface area contributed by atoms with Crippen LogP contribution >= 0.6 is 0 Å². The molecular formula is C10H20N2O4. The number of hydrogen-bond donors (Lipinski definition) is 2. The SMILES string of the molecule is CCOCCNC(=O)N(C)CCCC(=O)O. The summed E-state index contributed by atoms with van der Waals surface area (Å²) in [6.45, 7) is 3.91. The van der Waals surface area contributed by atoms with Gasteiger partial charge >= 0.3 is 12.0 Å². The van der Waals surface area contributed by atoms with Crippen molar-refractivity contribution in [2.24, 2.45) is 0 Å². The molecule has 0 spiro atoms. The number of carboxylic acids is 1. The lowest BCUT2D eigenvalue weighted by Gasteiger charge is -2.17. The average Bonchev–Trinajstić information content (AvgIpc) is 2.23. The predicted octanol–water partition coefficient (Wildman–Crippen LogP) is 0.529. The van der Waals surface area contributed by atoms with Crippen molar-refractivity contribution >= 4 is 12.0 Å². The summed E-state index contributed by atoms with van der Waals surface area (Å²) in [4.78, 5) is 23.1. The van der Waals surface area contributed by atoms with Gasteiger partial charge in [-0.2, -0.15) is 0 Å². The third-order valence-corrected chi connectivity index (χ3v) is 1.96. The van der Waals surface area contributed by atoms with Crippen LogP contribution in [0.4, 0.5) is 4.79 Å². The minimum atomic E-state index is -0.842. The van der Waals surface area contributed by atoms with Crippen LogP contribution in [0.15, 0.2) is 0 Å². The molecule has 0 fully saturated rings. The van der Waals surface area contributed by atoms with Gasteiger partial charge < -0.3 is 20.1 Å². The number of nitrogens with one attached hydrogen (secondary N) is 1. The second-order valence-electron chi connectivity index (χ2n) is 3.35. The molecule has 16 heavy (non-hydrogen) atoms. The fourth-order valence-electron chi connectivity index (χ4n) is 1.08. The zero-order valence-corrected chi connectivity index (χ0v) is 9.86. The maximum Gasteiger partial charge on any atom is 0.317 e. The number of carboxylic acid groups (broad SMARTS) is 1. The van der Waals surface area contributed by atoms with E-state index < -0.39 is 5.97 Å². The van der Waals surface area contributed by atoms with Crippen LogP contribution < -0.4 is 5.32 Å². The van der Waals surface area contributed by atoms with Gasteiger partial charge in [0.2, 0.25) is 0 Å². The Hall–Kier alpha value is -1.30. The van der Waals surface area contributed by atoms with Gasteiger partial charge in [0.15, 0.2) is 0 Å². The highest BCUT2D eigenvalue weighted by Crippen LogP contribution is 1.93. The summed E-state index contributed by atoms with van der Waals surface area (Å²) in [6, 6.07) is -0.204. The van der Waals surface area contributed by atoms with Crippen LogP contribution in [-0.4, -0.2) is 55.4 Å². The van der Waals surface area contributed by atoms with Crippen LogP contribution in [0, 0.1) is 0 Å². The van der Waals surface area contributed by atoms with Gasteiger partial charge in [-0.1, -0.05) is 0 Å². The number of urea groups is 1. The lowest BCUT2D eigenvalue weighted by Crippen LogP contribution is -2.39. The topological polar surface area (TPSA) is 78.9 Å². The Morgan fingerprint density at radius 2 is 2.12 bits per heavy atom. The van der Waals surface area contributed by atoms with E-state index in [9.17, 15) is 9.59 Å². The molecule has 0 aromatic rings. The average molecular weight is 232 g/mol. The molecule has 2 amide bonds. The molecule has 0 bridgehead atoms. The van der Waals surface area contributed by atoms with E-state index in [-0.39, 0.29) is 12.5 Å². The first-order chi connectivity index (χ1) is 7.57. The second kappa shape index (κ2) is 8.96. The molecule has 2 N–H and O–H groups in total. The highest BCUT2D eigenvalue weighted by molar-refractivity contribution is 5.73. The minimum absolute atomic E-state index is 0.0799. The highest BCUT2D eigenvalue weighted by atomic mass is 16.5. The van der Waals surface area contributed by atoms with E-state index in [1.165, 1.54) is 4.90 Å². The zero-order valence-electron chi connectivity index (χ0n) is 9.86. The number of ether oxygens (including phenoxy) is 1. The third-order valence-electron chi connectivity index (χ3n) is 1.96. The van der Waals surface area contributed by atoms with Gasteiger partial charge in [0, 0.05) is 33.2 Å². The van der Waals surface area contributed by atoms with Crippen LogP contribution in [-0.2, 0) is 9.53 Å². The molecule has 6 nitrogen and oxygen atoms in total. The van der Waals surface area contributed by atoms with E-state index in [4.69, 9.17) is 9.84 Å². The fourth-order valence-corrected chi connectivity index (χ4v) is 1.08. The molecule has 0 aliphatic rings. The lowest BCUT2D eigenvalue weighted by atomic mass is 10.3.